The second-order valence-electron chi connectivity index (χ2n) is 6.68. The number of benzene rings is 2. The van der Waals surface area contributed by atoms with E-state index in [1.54, 1.807) is 0 Å². The number of alkyl halides is 3. The molecule has 0 bridgehead atoms. The van der Waals surface area contributed by atoms with Crippen LogP contribution in [0.15, 0.2) is 48.5 Å². The highest BCUT2D eigenvalue weighted by atomic mass is 19.4. The van der Waals surface area contributed by atoms with Crippen LogP contribution in [0.4, 0.5) is 18.9 Å². The second-order valence-corrected chi connectivity index (χ2v) is 6.68. The van der Waals surface area contributed by atoms with E-state index in [0.29, 0.717) is 0 Å². The van der Waals surface area contributed by atoms with Crippen LogP contribution in [0, 0.1) is 0 Å². The molecule has 1 saturated heterocycles. The lowest BCUT2D eigenvalue weighted by Crippen LogP contribution is -2.45. The lowest BCUT2D eigenvalue weighted by atomic mass is 10.1. The van der Waals surface area contributed by atoms with E-state index in [1.807, 2.05) is 24.3 Å². The summed E-state index contributed by atoms with van der Waals surface area (Å²) in [6.07, 6.45) is -4.47. The molecule has 0 aromatic heterocycles. The van der Waals surface area contributed by atoms with Gasteiger partial charge in [0.1, 0.15) is 0 Å². The number of anilines is 1. The fourth-order valence-electron chi connectivity index (χ4n) is 3.13. The highest BCUT2D eigenvalue weighted by molar-refractivity contribution is 5.94. The normalized spacial score (nSPS) is 15.6. The molecule has 0 saturated carbocycles. The fraction of sp³-hybridized carbons (Fsp3) is 0.350. The van der Waals surface area contributed by atoms with E-state index in [4.69, 9.17) is 0 Å². The molecular formula is C20H22F3N3O. The van der Waals surface area contributed by atoms with Gasteiger partial charge in [-0.1, -0.05) is 24.3 Å². The van der Waals surface area contributed by atoms with Gasteiger partial charge in [-0.05, 0) is 36.9 Å². The Balaban J connectivity index is 1.69. The Morgan fingerprint density at radius 3 is 2.44 bits per heavy atom. The minimum absolute atomic E-state index is 0.00176. The molecule has 1 amide bonds. The van der Waals surface area contributed by atoms with Crippen molar-refractivity contribution in [2.45, 2.75) is 12.7 Å². The van der Waals surface area contributed by atoms with E-state index >= 15 is 0 Å². The summed E-state index contributed by atoms with van der Waals surface area (Å²) in [5.41, 5.74) is 1.17. The van der Waals surface area contributed by atoms with Gasteiger partial charge in [-0.2, -0.15) is 13.2 Å². The lowest BCUT2D eigenvalue weighted by Gasteiger charge is -2.35. The minimum atomic E-state index is -4.47. The SMILES string of the molecule is CN1CCN(c2ccccc2CNC(=O)c2cccc(C(F)(F)F)c2)CC1. The number of nitrogens with one attached hydrogen (secondary N) is 1. The standard InChI is InChI=1S/C20H22F3N3O/c1-25-9-11-26(12-10-25)18-8-3-2-5-16(18)14-24-19(27)15-6-4-7-17(13-15)20(21,22)23/h2-8,13H,9-12,14H2,1H3,(H,24,27). The van der Waals surface area contributed by atoms with Crippen molar-refractivity contribution in [3.8, 4) is 0 Å². The molecule has 27 heavy (non-hydrogen) atoms. The quantitative estimate of drug-likeness (QED) is 0.887. The highest BCUT2D eigenvalue weighted by Crippen LogP contribution is 2.29. The third-order valence-corrected chi connectivity index (χ3v) is 4.73. The average molecular weight is 377 g/mol. The topological polar surface area (TPSA) is 35.6 Å². The molecule has 1 aliphatic rings. The van der Waals surface area contributed by atoms with E-state index < -0.39 is 17.6 Å². The first-order valence-electron chi connectivity index (χ1n) is 8.81. The summed E-state index contributed by atoms with van der Waals surface area (Å²) in [6.45, 7) is 3.98. The van der Waals surface area contributed by atoms with Gasteiger partial charge in [-0.15, -0.1) is 0 Å². The first kappa shape index (κ1) is 19.2. The Morgan fingerprint density at radius 1 is 1.04 bits per heavy atom. The van der Waals surface area contributed by atoms with Gasteiger partial charge in [-0.25, -0.2) is 0 Å². The van der Waals surface area contributed by atoms with Gasteiger partial charge in [0.2, 0.25) is 0 Å². The Bertz CT molecular complexity index is 799. The van der Waals surface area contributed by atoms with Crippen molar-refractivity contribution in [3.05, 3.63) is 65.2 Å². The summed E-state index contributed by atoms with van der Waals surface area (Å²) in [5, 5.41) is 2.74. The molecule has 0 atom stereocenters. The minimum Gasteiger partial charge on any atom is -0.369 e. The Morgan fingerprint density at radius 2 is 1.74 bits per heavy atom. The molecule has 1 N–H and O–H groups in total. The molecule has 0 unspecified atom stereocenters. The first-order chi connectivity index (χ1) is 12.8. The van der Waals surface area contributed by atoms with E-state index in [0.717, 1.165) is 49.6 Å². The highest BCUT2D eigenvalue weighted by Gasteiger charge is 2.30. The predicted molar refractivity (Wildman–Crippen MR) is 98.8 cm³/mol. The number of carbonyl (C=O) groups is 1. The molecule has 1 aliphatic heterocycles. The number of nitrogens with zero attached hydrogens (tertiary/aromatic N) is 2. The number of hydrogen-bond acceptors (Lipinski definition) is 3. The van der Waals surface area contributed by atoms with Gasteiger partial charge >= 0.3 is 6.18 Å². The van der Waals surface area contributed by atoms with Gasteiger partial charge in [0, 0.05) is 44.0 Å². The predicted octanol–water partition coefficient (Wildman–Crippen LogP) is 3.39. The van der Waals surface area contributed by atoms with Crippen molar-refractivity contribution in [1.29, 1.82) is 0 Å². The van der Waals surface area contributed by atoms with E-state index in [2.05, 4.69) is 22.2 Å². The number of rotatable bonds is 4. The molecule has 4 nitrogen and oxygen atoms in total. The van der Waals surface area contributed by atoms with E-state index in [9.17, 15) is 18.0 Å². The molecule has 7 heteroatoms. The second kappa shape index (κ2) is 8.00. The summed E-state index contributed by atoms with van der Waals surface area (Å²) in [7, 11) is 2.08. The smallest absolute Gasteiger partial charge is 0.369 e. The van der Waals surface area contributed by atoms with Crippen molar-refractivity contribution in [2.24, 2.45) is 0 Å². The molecule has 144 valence electrons. The monoisotopic (exact) mass is 377 g/mol. The molecule has 2 aromatic carbocycles. The molecule has 3 rings (SSSR count). The average Bonchev–Trinajstić information content (AvgIpc) is 2.66. The van der Waals surface area contributed by atoms with Crippen LogP contribution in [-0.2, 0) is 12.7 Å². The third-order valence-electron chi connectivity index (χ3n) is 4.73. The van der Waals surface area contributed by atoms with Crippen LogP contribution in [0.2, 0.25) is 0 Å². The number of para-hydroxylation sites is 1. The summed E-state index contributed by atoms with van der Waals surface area (Å²) in [6, 6.07) is 12.3. The van der Waals surface area contributed by atoms with Gasteiger partial charge in [0.15, 0.2) is 0 Å². The summed E-state index contributed by atoms with van der Waals surface area (Å²) in [4.78, 5) is 16.9. The van der Waals surface area contributed by atoms with Crippen LogP contribution >= 0.6 is 0 Å². The van der Waals surface area contributed by atoms with Crippen molar-refractivity contribution in [3.63, 3.8) is 0 Å². The largest absolute Gasteiger partial charge is 0.416 e. The molecule has 1 fully saturated rings. The van der Waals surface area contributed by atoms with Crippen LogP contribution in [0.3, 0.4) is 0 Å². The fourth-order valence-corrected chi connectivity index (χ4v) is 3.13. The molecular weight excluding hydrogens is 355 g/mol. The van der Waals surface area contributed by atoms with Gasteiger partial charge in [0.05, 0.1) is 5.56 Å². The third kappa shape index (κ3) is 4.80. The van der Waals surface area contributed by atoms with Crippen LogP contribution in [0.5, 0.6) is 0 Å². The van der Waals surface area contributed by atoms with E-state index in [1.165, 1.54) is 12.1 Å². The first-order valence-corrected chi connectivity index (χ1v) is 8.81. The Labute approximate surface area is 156 Å². The van der Waals surface area contributed by atoms with Crippen molar-refractivity contribution in [1.82, 2.24) is 10.2 Å². The van der Waals surface area contributed by atoms with Crippen molar-refractivity contribution < 1.29 is 18.0 Å². The van der Waals surface area contributed by atoms with Gasteiger partial charge in [-0.3, -0.25) is 4.79 Å². The maximum atomic E-state index is 12.8. The zero-order valence-electron chi connectivity index (χ0n) is 15.1. The van der Waals surface area contributed by atoms with Crippen molar-refractivity contribution >= 4 is 11.6 Å². The lowest BCUT2D eigenvalue weighted by molar-refractivity contribution is -0.137. The maximum Gasteiger partial charge on any atom is 0.416 e. The molecule has 2 aromatic rings. The van der Waals surface area contributed by atoms with Crippen LogP contribution in [0.25, 0.3) is 0 Å². The Kier molecular flexibility index (Phi) is 5.70. The summed E-state index contributed by atoms with van der Waals surface area (Å²) >= 11 is 0. The van der Waals surface area contributed by atoms with Crippen LogP contribution in [0.1, 0.15) is 21.5 Å². The number of amides is 1. The van der Waals surface area contributed by atoms with Gasteiger partial charge in [0.25, 0.3) is 5.91 Å². The molecule has 1 heterocycles. The van der Waals surface area contributed by atoms with Crippen LogP contribution < -0.4 is 10.2 Å². The van der Waals surface area contributed by atoms with Crippen molar-refractivity contribution in [2.75, 3.05) is 38.1 Å². The molecule has 0 radical (unpaired) electrons. The zero-order valence-corrected chi connectivity index (χ0v) is 15.1. The molecule has 0 aliphatic carbocycles. The zero-order chi connectivity index (χ0) is 19.4. The number of piperazine rings is 1. The molecule has 0 spiro atoms. The number of likely N-dealkylation sites (N-methyl/N-ethyl adjacent to an activating group) is 1. The van der Waals surface area contributed by atoms with Crippen LogP contribution in [-0.4, -0.2) is 44.0 Å². The Hall–Kier alpha value is -2.54. The number of hydrogen-bond donors (Lipinski definition) is 1. The van der Waals surface area contributed by atoms with E-state index in [-0.39, 0.29) is 12.1 Å². The number of carbonyl (C=O) groups excluding carboxylic acids is 1. The summed E-state index contributed by atoms with van der Waals surface area (Å²) < 4.78 is 38.5. The number of halogens is 3. The summed E-state index contributed by atoms with van der Waals surface area (Å²) in [5.74, 6) is -0.519. The maximum absolute atomic E-state index is 12.8. The van der Waals surface area contributed by atoms with Gasteiger partial charge < -0.3 is 15.1 Å².